The van der Waals surface area contributed by atoms with Crippen LogP contribution in [0.15, 0.2) is 60.7 Å². The largest absolute Gasteiger partial charge is 0.481 e. The summed E-state index contributed by atoms with van der Waals surface area (Å²) in [6, 6.07) is 18.1. The molecule has 0 bridgehead atoms. The maximum atomic E-state index is 12.5. The topological polar surface area (TPSA) is 75.6 Å². The van der Waals surface area contributed by atoms with Gasteiger partial charge in [-0.15, -0.1) is 0 Å². The highest BCUT2D eigenvalue weighted by molar-refractivity contribution is 5.75. The molecule has 2 rings (SSSR count). The Labute approximate surface area is 147 Å². The third-order valence-electron chi connectivity index (χ3n) is 3.66. The van der Waals surface area contributed by atoms with E-state index in [1.54, 1.807) is 45.0 Å². The van der Waals surface area contributed by atoms with Gasteiger partial charge in [-0.3, -0.25) is 4.79 Å². The molecule has 0 aromatic heterocycles. The average molecular weight is 341 g/mol. The molecule has 0 spiro atoms. The molecule has 0 saturated heterocycles. The summed E-state index contributed by atoms with van der Waals surface area (Å²) >= 11 is 0. The van der Waals surface area contributed by atoms with Crippen molar-refractivity contribution in [3.8, 4) is 0 Å². The second-order valence-corrected chi connectivity index (χ2v) is 6.83. The second-order valence-electron chi connectivity index (χ2n) is 6.83. The summed E-state index contributed by atoms with van der Waals surface area (Å²) in [5.74, 6) is -1.02. The Morgan fingerprint density at radius 2 is 1.36 bits per heavy atom. The first-order valence-corrected chi connectivity index (χ1v) is 8.07. The molecule has 25 heavy (non-hydrogen) atoms. The summed E-state index contributed by atoms with van der Waals surface area (Å²) in [6.07, 6.45) is -0.971. The summed E-state index contributed by atoms with van der Waals surface area (Å²) in [5.41, 5.74) is -0.563. The van der Waals surface area contributed by atoms with Crippen molar-refractivity contribution < 1.29 is 19.4 Å². The van der Waals surface area contributed by atoms with Gasteiger partial charge in [0.1, 0.15) is 11.1 Å². The highest BCUT2D eigenvalue weighted by atomic mass is 16.6. The van der Waals surface area contributed by atoms with E-state index in [4.69, 9.17) is 4.74 Å². The van der Waals surface area contributed by atoms with Crippen molar-refractivity contribution in [3.05, 3.63) is 71.8 Å². The number of aliphatic carboxylic acids is 1. The molecule has 1 amide bonds. The normalized spacial score (nSPS) is 11.6. The molecule has 0 fully saturated rings. The zero-order valence-electron chi connectivity index (χ0n) is 14.7. The molecule has 132 valence electrons. The summed E-state index contributed by atoms with van der Waals surface area (Å²) in [4.78, 5) is 24.1. The van der Waals surface area contributed by atoms with Crippen molar-refractivity contribution in [2.24, 2.45) is 0 Å². The molecule has 0 radical (unpaired) electrons. The minimum Gasteiger partial charge on any atom is -0.481 e. The molecule has 2 aromatic rings. The summed E-state index contributed by atoms with van der Waals surface area (Å²) in [7, 11) is 0. The highest BCUT2D eigenvalue weighted by Gasteiger charge is 2.39. The van der Waals surface area contributed by atoms with Crippen LogP contribution in [-0.4, -0.2) is 22.8 Å². The van der Waals surface area contributed by atoms with Gasteiger partial charge >= 0.3 is 12.1 Å². The van der Waals surface area contributed by atoms with E-state index in [2.05, 4.69) is 5.32 Å². The van der Waals surface area contributed by atoms with Gasteiger partial charge in [0.25, 0.3) is 0 Å². The Morgan fingerprint density at radius 1 is 0.920 bits per heavy atom. The molecule has 5 nitrogen and oxygen atoms in total. The number of rotatable bonds is 5. The molecular formula is C20H23NO4. The van der Waals surface area contributed by atoms with E-state index in [9.17, 15) is 14.7 Å². The van der Waals surface area contributed by atoms with Gasteiger partial charge in [-0.1, -0.05) is 60.7 Å². The third kappa shape index (κ3) is 4.83. The number of alkyl carbamates (subject to hydrolysis) is 1. The van der Waals surface area contributed by atoms with Gasteiger partial charge in [-0.05, 0) is 31.9 Å². The fraction of sp³-hybridized carbons (Fsp3) is 0.300. The zero-order chi connectivity index (χ0) is 18.5. The van der Waals surface area contributed by atoms with Crippen LogP contribution in [0.1, 0.15) is 38.3 Å². The van der Waals surface area contributed by atoms with Crippen molar-refractivity contribution in [2.45, 2.75) is 38.3 Å². The number of carbonyl (C=O) groups excluding carboxylic acids is 1. The van der Waals surface area contributed by atoms with Crippen LogP contribution >= 0.6 is 0 Å². The Morgan fingerprint density at radius 3 is 1.72 bits per heavy atom. The van der Waals surface area contributed by atoms with Gasteiger partial charge in [-0.2, -0.15) is 0 Å². The lowest BCUT2D eigenvalue weighted by Gasteiger charge is -2.35. The first-order valence-electron chi connectivity index (χ1n) is 8.07. The Hall–Kier alpha value is -2.82. The molecule has 5 heteroatoms. The lowest BCUT2D eigenvalue weighted by Crippen LogP contribution is -2.49. The molecular weight excluding hydrogens is 318 g/mol. The maximum absolute atomic E-state index is 12.5. The SMILES string of the molecule is CC(C)(C)OC(=O)NC(CC(=O)O)(c1ccccc1)c1ccccc1. The third-order valence-corrected chi connectivity index (χ3v) is 3.66. The average Bonchev–Trinajstić information content (AvgIpc) is 2.53. The fourth-order valence-electron chi connectivity index (χ4n) is 2.71. The molecule has 0 aliphatic rings. The lowest BCUT2D eigenvalue weighted by molar-refractivity contribution is -0.138. The quantitative estimate of drug-likeness (QED) is 0.864. The minimum absolute atomic E-state index is 0.305. The van der Waals surface area contributed by atoms with E-state index in [-0.39, 0.29) is 6.42 Å². The minimum atomic E-state index is -1.23. The van der Waals surface area contributed by atoms with Crippen LogP contribution in [-0.2, 0) is 15.1 Å². The number of hydrogen-bond donors (Lipinski definition) is 2. The first-order chi connectivity index (χ1) is 11.7. The van der Waals surface area contributed by atoms with Crippen LogP contribution < -0.4 is 5.32 Å². The van der Waals surface area contributed by atoms with Gasteiger partial charge in [0.2, 0.25) is 0 Å². The number of carboxylic acid groups (broad SMARTS) is 1. The van der Waals surface area contributed by atoms with Gasteiger partial charge in [0.05, 0.1) is 6.42 Å². The van der Waals surface area contributed by atoms with E-state index in [0.29, 0.717) is 11.1 Å². The summed E-state index contributed by atoms with van der Waals surface area (Å²) in [6.45, 7) is 5.28. The van der Waals surface area contributed by atoms with Crippen LogP contribution in [0.4, 0.5) is 4.79 Å². The lowest BCUT2D eigenvalue weighted by atomic mass is 9.80. The van der Waals surface area contributed by atoms with Gasteiger partial charge < -0.3 is 15.2 Å². The fourth-order valence-corrected chi connectivity index (χ4v) is 2.71. The molecule has 0 saturated carbocycles. The van der Waals surface area contributed by atoms with Crippen LogP contribution in [0.3, 0.4) is 0 Å². The van der Waals surface area contributed by atoms with Crippen molar-refractivity contribution in [3.63, 3.8) is 0 Å². The van der Waals surface area contributed by atoms with Crippen LogP contribution in [0, 0.1) is 0 Å². The van der Waals surface area contributed by atoms with Crippen LogP contribution in [0.25, 0.3) is 0 Å². The number of carboxylic acids is 1. The highest BCUT2D eigenvalue weighted by Crippen LogP contribution is 2.33. The molecule has 0 heterocycles. The second kappa shape index (κ2) is 7.38. The smallest absolute Gasteiger partial charge is 0.408 e. The molecule has 0 atom stereocenters. The number of nitrogens with one attached hydrogen (secondary N) is 1. The number of hydrogen-bond acceptors (Lipinski definition) is 3. The van der Waals surface area contributed by atoms with Crippen molar-refractivity contribution in [1.29, 1.82) is 0 Å². The number of ether oxygens (including phenoxy) is 1. The van der Waals surface area contributed by atoms with E-state index in [0.717, 1.165) is 0 Å². The standard InChI is InChI=1S/C20H23NO4/c1-19(2,3)25-18(24)21-20(14-17(22)23,15-10-6-4-7-11-15)16-12-8-5-9-13-16/h4-13H,14H2,1-3H3,(H,21,24)(H,22,23). The molecule has 0 aliphatic heterocycles. The zero-order valence-corrected chi connectivity index (χ0v) is 14.7. The van der Waals surface area contributed by atoms with E-state index in [1.165, 1.54) is 0 Å². The van der Waals surface area contributed by atoms with E-state index in [1.807, 2.05) is 36.4 Å². The maximum Gasteiger partial charge on any atom is 0.408 e. The van der Waals surface area contributed by atoms with Crippen molar-refractivity contribution in [1.82, 2.24) is 5.32 Å². The van der Waals surface area contributed by atoms with Crippen molar-refractivity contribution in [2.75, 3.05) is 0 Å². The van der Waals surface area contributed by atoms with Crippen LogP contribution in [0.5, 0.6) is 0 Å². The molecule has 2 aromatic carbocycles. The summed E-state index contributed by atoms with van der Waals surface area (Å²) < 4.78 is 5.37. The Balaban J connectivity index is 2.55. The monoisotopic (exact) mass is 341 g/mol. The van der Waals surface area contributed by atoms with Crippen molar-refractivity contribution >= 4 is 12.1 Å². The Bertz CT molecular complexity index is 681. The Kier molecular flexibility index (Phi) is 5.47. The van der Waals surface area contributed by atoms with Gasteiger partial charge in [0.15, 0.2) is 0 Å². The predicted octanol–water partition coefficient (Wildman–Crippen LogP) is 3.93. The molecule has 2 N–H and O–H groups in total. The number of amides is 1. The molecule has 0 unspecified atom stereocenters. The van der Waals surface area contributed by atoms with Gasteiger partial charge in [0, 0.05) is 0 Å². The number of benzene rings is 2. The van der Waals surface area contributed by atoms with E-state index >= 15 is 0 Å². The van der Waals surface area contributed by atoms with Crippen LogP contribution in [0.2, 0.25) is 0 Å². The predicted molar refractivity (Wildman–Crippen MR) is 95.3 cm³/mol. The van der Waals surface area contributed by atoms with E-state index < -0.39 is 23.2 Å². The van der Waals surface area contributed by atoms with Gasteiger partial charge in [-0.25, -0.2) is 4.79 Å². The number of carbonyl (C=O) groups is 2. The first kappa shape index (κ1) is 18.5. The summed E-state index contributed by atoms with van der Waals surface area (Å²) in [5, 5.41) is 12.3. The molecule has 0 aliphatic carbocycles.